The number of ether oxygens (including phenoxy) is 1. The van der Waals surface area contributed by atoms with Crippen molar-refractivity contribution in [3.63, 3.8) is 0 Å². The van der Waals surface area contributed by atoms with Crippen molar-refractivity contribution >= 4 is 5.97 Å². The van der Waals surface area contributed by atoms with Gasteiger partial charge in [0.25, 0.3) is 0 Å². The molecule has 0 aromatic carbocycles. The lowest BCUT2D eigenvalue weighted by Crippen LogP contribution is -2.28. The zero-order chi connectivity index (χ0) is 13.0. The van der Waals surface area contributed by atoms with Gasteiger partial charge in [-0.05, 0) is 57.3 Å². The van der Waals surface area contributed by atoms with Gasteiger partial charge >= 0.3 is 5.97 Å². The normalized spacial score (nSPS) is 37.2. The number of hydrogen-bond donors (Lipinski definition) is 2. The Morgan fingerprint density at radius 2 is 1.39 bits per heavy atom. The molecule has 0 saturated heterocycles. The highest BCUT2D eigenvalue weighted by atomic mass is 16.5. The molecule has 0 aromatic heterocycles. The molecule has 4 nitrogen and oxygen atoms in total. The van der Waals surface area contributed by atoms with Crippen LogP contribution in [0.4, 0.5) is 0 Å². The van der Waals surface area contributed by atoms with Crippen LogP contribution in [0.5, 0.6) is 0 Å². The van der Waals surface area contributed by atoms with Crippen molar-refractivity contribution in [3.8, 4) is 0 Å². The number of aliphatic hydroxyl groups is 2. The topological polar surface area (TPSA) is 66.8 Å². The molecule has 0 aliphatic heterocycles. The van der Waals surface area contributed by atoms with Crippen LogP contribution in [-0.2, 0) is 9.53 Å². The zero-order valence-electron chi connectivity index (χ0n) is 10.9. The van der Waals surface area contributed by atoms with Crippen molar-refractivity contribution in [1.82, 2.24) is 0 Å². The fourth-order valence-electron chi connectivity index (χ4n) is 2.94. The van der Waals surface area contributed by atoms with Crippen LogP contribution in [0.3, 0.4) is 0 Å². The molecule has 2 fully saturated rings. The van der Waals surface area contributed by atoms with E-state index in [1.54, 1.807) is 0 Å². The SMILES string of the molecule is O=C(OCC1CCC(O)CC1)C1CCC(O)CC1. The number of hydrogen-bond acceptors (Lipinski definition) is 4. The van der Waals surface area contributed by atoms with Crippen LogP contribution in [0.1, 0.15) is 51.4 Å². The van der Waals surface area contributed by atoms with Crippen molar-refractivity contribution in [1.29, 1.82) is 0 Å². The predicted molar refractivity (Wildman–Crippen MR) is 66.9 cm³/mol. The number of esters is 1. The van der Waals surface area contributed by atoms with Crippen molar-refractivity contribution in [2.75, 3.05) is 6.61 Å². The van der Waals surface area contributed by atoms with Gasteiger partial charge in [-0.3, -0.25) is 4.79 Å². The Balaban J connectivity index is 1.65. The van der Waals surface area contributed by atoms with Crippen LogP contribution in [0, 0.1) is 11.8 Å². The first kappa shape index (κ1) is 13.8. The van der Waals surface area contributed by atoms with E-state index in [1.165, 1.54) is 0 Å². The zero-order valence-corrected chi connectivity index (χ0v) is 10.9. The quantitative estimate of drug-likeness (QED) is 0.753. The van der Waals surface area contributed by atoms with Crippen LogP contribution < -0.4 is 0 Å². The number of rotatable bonds is 3. The molecule has 0 amide bonds. The fraction of sp³-hybridized carbons (Fsp3) is 0.929. The minimum Gasteiger partial charge on any atom is -0.465 e. The van der Waals surface area contributed by atoms with Crippen LogP contribution in [0.2, 0.25) is 0 Å². The highest BCUT2D eigenvalue weighted by Gasteiger charge is 2.27. The van der Waals surface area contributed by atoms with Crippen molar-refractivity contribution in [2.45, 2.75) is 63.6 Å². The molecule has 104 valence electrons. The average Bonchev–Trinajstić information content (AvgIpc) is 2.38. The fourth-order valence-corrected chi connectivity index (χ4v) is 2.94. The second kappa shape index (κ2) is 6.53. The van der Waals surface area contributed by atoms with Crippen molar-refractivity contribution in [3.05, 3.63) is 0 Å². The molecule has 0 radical (unpaired) electrons. The predicted octanol–water partition coefficient (Wildman–Crippen LogP) is 1.63. The lowest BCUT2D eigenvalue weighted by molar-refractivity contribution is -0.152. The first-order valence-electron chi connectivity index (χ1n) is 7.18. The van der Waals surface area contributed by atoms with Crippen LogP contribution in [0.25, 0.3) is 0 Å². The summed E-state index contributed by atoms with van der Waals surface area (Å²) in [5.41, 5.74) is 0. The monoisotopic (exact) mass is 256 g/mol. The molecule has 0 spiro atoms. The maximum atomic E-state index is 11.9. The Morgan fingerprint density at radius 3 is 1.94 bits per heavy atom. The minimum atomic E-state index is -0.228. The van der Waals surface area contributed by atoms with Gasteiger partial charge in [-0.15, -0.1) is 0 Å². The molecule has 0 atom stereocenters. The summed E-state index contributed by atoms with van der Waals surface area (Å²) in [4.78, 5) is 11.9. The molecule has 18 heavy (non-hydrogen) atoms. The van der Waals surface area contributed by atoms with E-state index in [4.69, 9.17) is 4.74 Å². The van der Waals surface area contributed by atoms with E-state index in [1.807, 2.05) is 0 Å². The van der Waals surface area contributed by atoms with E-state index in [0.29, 0.717) is 12.5 Å². The van der Waals surface area contributed by atoms with Gasteiger partial charge in [-0.1, -0.05) is 0 Å². The minimum absolute atomic E-state index is 0.0115. The summed E-state index contributed by atoms with van der Waals surface area (Å²) in [6, 6.07) is 0. The third-order valence-electron chi connectivity index (χ3n) is 4.31. The number of carbonyl (C=O) groups is 1. The summed E-state index contributed by atoms with van der Waals surface area (Å²) in [6.45, 7) is 0.505. The Hall–Kier alpha value is -0.610. The molecular formula is C14H24O4. The third-order valence-corrected chi connectivity index (χ3v) is 4.31. The summed E-state index contributed by atoms with van der Waals surface area (Å²) >= 11 is 0. The highest BCUT2D eigenvalue weighted by molar-refractivity contribution is 5.72. The maximum Gasteiger partial charge on any atom is 0.308 e. The van der Waals surface area contributed by atoms with Crippen LogP contribution >= 0.6 is 0 Å². The molecule has 2 rings (SSSR count). The van der Waals surface area contributed by atoms with Crippen LogP contribution in [0.15, 0.2) is 0 Å². The molecule has 0 bridgehead atoms. The van der Waals surface area contributed by atoms with E-state index in [2.05, 4.69) is 0 Å². The Bertz CT molecular complexity index is 263. The first-order valence-corrected chi connectivity index (χ1v) is 7.18. The molecule has 4 heteroatoms. The first-order chi connectivity index (χ1) is 8.65. The number of carbonyl (C=O) groups excluding carboxylic acids is 1. The van der Waals surface area contributed by atoms with Crippen LogP contribution in [-0.4, -0.2) is 35.0 Å². The van der Waals surface area contributed by atoms with Gasteiger partial charge in [0.1, 0.15) is 0 Å². The van der Waals surface area contributed by atoms with Gasteiger partial charge in [0.05, 0.1) is 24.7 Å². The highest BCUT2D eigenvalue weighted by Crippen LogP contribution is 2.27. The molecule has 2 aliphatic carbocycles. The van der Waals surface area contributed by atoms with E-state index in [0.717, 1.165) is 51.4 Å². The molecule has 0 aromatic rings. The molecule has 2 N–H and O–H groups in total. The van der Waals surface area contributed by atoms with Gasteiger partial charge in [0.15, 0.2) is 0 Å². The molecule has 0 heterocycles. The van der Waals surface area contributed by atoms with Crippen molar-refractivity contribution in [2.24, 2.45) is 11.8 Å². The smallest absolute Gasteiger partial charge is 0.308 e. The Kier molecular flexibility index (Phi) is 5.01. The van der Waals surface area contributed by atoms with E-state index >= 15 is 0 Å². The lowest BCUT2D eigenvalue weighted by Gasteiger charge is -2.27. The van der Waals surface area contributed by atoms with Gasteiger partial charge in [-0.25, -0.2) is 0 Å². The maximum absolute atomic E-state index is 11.9. The van der Waals surface area contributed by atoms with Gasteiger partial charge in [-0.2, -0.15) is 0 Å². The number of aliphatic hydroxyl groups excluding tert-OH is 2. The summed E-state index contributed by atoms with van der Waals surface area (Å²) < 4.78 is 5.39. The largest absolute Gasteiger partial charge is 0.465 e. The summed E-state index contributed by atoms with van der Waals surface area (Å²) in [6.07, 6.45) is 6.13. The molecular weight excluding hydrogens is 232 g/mol. The van der Waals surface area contributed by atoms with Gasteiger partial charge in [0.2, 0.25) is 0 Å². The van der Waals surface area contributed by atoms with Gasteiger partial charge < -0.3 is 14.9 Å². The Morgan fingerprint density at radius 1 is 0.889 bits per heavy atom. The second-order valence-electron chi connectivity index (χ2n) is 5.81. The standard InChI is InChI=1S/C14H24O4/c15-12-5-1-10(2-6-12)9-18-14(17)11-3-7-13(16)8-4-11/h10-13,15-16H,1-9H2. The summed E-state index contributed by atoms with van der Waals surface area (Å²) in [5.74, 6) is 0.321. The summed E-state index contributed by atoms with van der Waals surface area (Å²) in [5, 5.41) is 18.8. The van der Waals surface area contributed by atoms with E-state index in [-0.39, 0.29) is 24.1 Å². The molecule has 2 aliphatic rings. The average molecular weight is 256 g/mol. The second-order valence-corrected chi connectivity index (χ2v) is 5.81. The third kappa shape index (κ3) is 3.95. The molecule has 0 unspecified atom stereocenters. The van der Waals surface area contributed by atoms with E-state index < -0.39 is 0 Å². The van der Waals surface area contributed by atoms with E-state index in [9.17, 15) is 15.0 Å². The van der Waals surface area contributed by atoms with Gasteiger partial charge in [0, 0.05) is 0 Å². The van der Waals surface area contributed by atoms with Crippen molar-refractivity contribution < 1.29 is 19.7 Å². The molecule has 2 saturated carbocycles. The Labute approximate surface area is 108 Å². The summed E-state index contributed by atoms with van der Waals surface area (Å²) in [7, 11) is 0. The lowest BCUT2D eigenvalue weighted by atomic mass is 9.87.